The first-order valence-corrected chi connectivity index (χ1v) is 8.02. The lowest BCUT2D eigenvalue weighted by Gasteiger charge is -2.22. The van der Waals surface area contributed by atoms with Crippen LogP contribution in [0.1, 0.15) is 24.8 Å². The number of benzene rings is 1. The van der Waals surface area contributed by atoms with Crippen LogP contribution in [-0.2, 0) is 4.79 Å². The van der Waals surface area contributed by atoms with Crippen molar-refractivity contribution in [3.63, 3.8) is 0 Å². The summed E-state index contributed by atoms with van der Waals surface area (Å²) in [6.07, 6.45) is 4.60. The number of Topliss-reactive ketones (excluding diaryl/α,β-unsaturated/α-hetero) is 1. The summed E-state index contributed by atoms with van der Waals surface area (Å²) in [7, 11) is 0. The van der Waals surface area contributed by atoms with Gasteiger partial charge in [0.2, 0.25) is 0 Å². The van der Waals surface area contributed by atoms with Crippen LogP contribution in [0, 0.1) is 0 Å². The molecule has 1 aromatic carbocycles. The molecule has 0 radical (unpaired) electrons. The number of carbonyl (C=O) groups is 1. The second kappa shape index (κ2) is 7.70. The van der Waals surface area contributed by atoms with E-state index >= 15 is 0 Å². The molecule has 2 nitrogen and oxygen atoms in total. The molecule has 1 aliphatic carbocycles. The minimum Gasteiger partial charge on any atom is -0.369 e. The van der Waals surface area contributed by atoms with E-state index in [0.29, 0.717) is 24.0 Å². The smallest absolute Gasteiger partial charge is 0.158 e. The third-order valence-corrected chi connectivity index (χ3v) is 3.85. The minimum atomic E-state index is 0.292. The molecule has 1 aliphatic rings. The number of alkyl halides is 2. The molecule has 108 valence electrons. The molecule has 0 saturated heterocycles. The van der Waals surface area contributed by atoms with Gasteiger partial charge in [0.25, 0.3) is 0 Å². The Morgan fingerprint density at radius 2 is 1.70 bits per heavy atom. The van der Waals surface area contributed by atoms with E-state index in [0.717, 1.165) is 42.8 Å². The van der Waals surface area contributed by atoms with Gasteiger partial charge in [0.1, 0.15) is 0 Å². The van der Waals surface area contributed by atoms with Crippen molar-refractivity contribution in [1.82, 2.24) is 0 Å². The topological polar surface area (TPSA) is 20.3 Å². The van der Waals surface area contributed by atoms with Crippen LogP contribution in [0.2, 0.25) is 0 Å². The molecule has 0 N–H and O–H groups in total. The Hall–Kier alpha value is -0.990. The first kappa shape index (κ1) is 15.4. The number of anilines is 1. The van der Waals surface area contributed by atoms with Gasteiger partial charge in [-0.3, -0.25) is 4.79 Å². The number of allylic oxidation sites excluding steroid dienone is 1. The van der Waals surface area contributed by atoms with Gasteiger partial charge in [0.15, 0.2) is 5.78 Å². The molecule has 4 heteroatoms. The highest BCUT2D eigenvalue weighted by atomic mass is 35.5. The van der Waals surface area contributed by atoms with Gasteiger partial charge in [-0.1, -0.05) is 12.1 Å². The Bertz CT molecular complexity index is 476. The highest BCUT2D eigenvalue weighted by Gasteiger charge is 2.16. The molecule has 1 aromatic rings. The van der Waals surface area contributed by atoms with Crippen LogP contribution >= 0.6 is 23.2 Å². The van der Waals surface area contributed by atoms with Gasteiger partial charge in [-0.25, -0.2) is 0 Å². The van der Waals surface area contributed by atoms with E-state index in [2.05, 4.69) is 17.0 Å². The lowest BCUT2D eigenvalue weighted by Crippen LogP contribution is -2.27. The Morgan fingerprint density at radius 1 is 1.05 bits per heavy atom. The summed E-state index contributed by atoms with van der Waals surface area (Å²) in [4.78, 5) is 13.8. The summed E-state index contributed by atoms with van der Waals surface area (Å²) >= 11 is 11.6. The molecule has 0 bridgehead atoms. The van der Waals surface area contributed by atoms with E-state index < -0.39 is 0 Å². The van der Waals surface area contributed by atoms with Crippen LogP contribution in [0.15, 0.2) is 29.8 Å². The lowest BCUT2D eigenvalue weighted by atomic mass is 10.1. The van der Waals surface area contributed by atoms with Crippen LogP contribution in [0.3, 0.4) is 0 Å². The van der Waals surface area contributed by atoms with Gasteiger partial charge < -0.3 is 4.90 Å². The fraction of sp³-hybridized carbons (Fsp3) is 0.438. The quantitative estimate of drug-likeness (QED) is 0.582. The fourth-order valence-electron chi connectivity index (χ4n) is 2.45. The second-order valence-electron chi connectivity index (χ2n) is 4.90. The first-order chi connectivity index (χ1) is 9.74. The third kappa shape index (κ3) is 4.00. The molecule has 20 heavy (non-hydrogen) atoms. The van der Waals surface area contributed by atoms with Gasteiger partial charge >= 0.3 is 0 Å². The molecule has 0 aromatic heterocycles. The van der Waals surface area contributed by atoms with Crippen LogP contribution in [0.4, 0.5) is 5.69 Å². The Labute approximate surface area is 130 Å². The molecule has 0 amide bonds. The summed E-state index contributed by atoms with van der Waals surface area (Å²) < 4.78 is 0. The van der Waals surface area contributed by atoms with Gasteiger partial charge in [0.05, 0.1) is 0 Å². The third-order valence-electron chi connectivity index (χ3n) is 3.52. The van der Waals surface area contributed by atoms with Crippen LogP contribution in [0.25, 0.3) is 6.08 Å². The number of rotatable bonds is 6. The second-order valence-corrected chi connectivity index (χ2v) is 5.66. The average molecular weight is 312 g/mol. The van der Waals surface area contributed by atoms with Crippen LogP contribution < -0.4 is 4.90 Å². The van der Waals surface area contributed by atoms with Crippen molar-refractivity contribution in [2.24, 2.45) is 0 Å². The molecule has 0 atom stereocenters. The Kier molecular flexibility index (Phi) is 5.93. The highest BCUT2D eigenvalue weighted by molar-refractivity contribution is 6.18. The van der Waals surface area contributed by atoms with Gasteiger partial charge in [-0.15, -0.1) is 23.2 Å². The van der Waals surface area contributed by atoms with E-state index in [4.69, 9.17) is 23.2 Å². The first-order valence-electron chi connectivity index (χ1n) is 6.95. The largest absolute Gasteiger partial charge is 0.369 e. The van der Waals surface area contributed by atoms with Crippen molar-refractivity contribution in [2.75, 3.05) is 29.7 Å². The van der Waals surface area contributed by atoms with Crippen molar-refractivity contribution in [2.45, 2.75) is 19.3 Å². The summed E-state index contributed by atoms with van der Waals surface area (Å²) in [6, 6.07) is 8.21. The molecule has 1 saturated carbocycles. The number of carbonyl (C=O) groups excluding carboxylic acids is 1. The summed E-state index contributed by atoms with van der Waals surface area (Å²) in [5, 5.41) is 0. The summed E-state index contributed by atoms with van der Waals surface area (Å²) in [6.45, 7) is 1.57. The van der Waals surface area contributed by atoms with E-state index in [-0.39, 0.29) is 0 Å². The predicted octanol–water partition coefficient (Wildman–Crippen LogP) is 4.11. The fourth-order valence-corrected chi connectivity index (χ4v) is 2.86. The summed E-state index contributed by atoms with van der Waals surface area (Å²) in [5.74, 6) is 1.45. The normalized spacial score (nSPS) is 16.9. The Balaban J connectivity index is 2.10. The van der Waals surface area contributed by atoms with E-state index in [1.807, 2.05) is 18.2 Å². The van der Waals surface area contributed by atoms with E-state index in [1.165, 1.54) is 0 Å². The molecule has 2 rings (SSSR count). The van der Waals surface area contributed by atoms with Crippen LogP contribution in [0.5, 0.6) is 0 Å². The van der Waals surface area contributed by atoms with E-state index in [1.54, 1.807) is 0 Å². The SMILES string of the molecule is O=C1CCC/C1=C\c1ccc(N(CCCl)CCCl)cc1. The maximum absolute atomic E-state index is 11.6. The summed E-state index contributed by atoms with van der Waals surface area (Å²) in [5.41, 5.74) is 3.15. The average Bonchev–Trinajstić information content (AvgIpc) is 2.85. The molecule has 0 heterocycles. The minimum absolute atomic E-state index is 0.292. The maximum Gasteiger partial charge on any atom is 0.158 e. The maximum atomic E-state index is 11.6. The van der Waals surface area contributed by atoms with Crippen LogP contribution in [-0.4, -0.2) is 30.6 Å². The van der Waals surface area contributed by atoms with Crippen molar-refractivity contribution in [3.05, 3.63) is 35.4 Å². The zero-order valence-electron chi connectivity index (χ0n) is 11.4. The van der Waals surface area contributed by atoms with Crippen molar-refractivity contribution >= 4 is 40.7 Å². The van der Waals surface area contributed by atoms with Gasteiger partial charge in [-0.2, -0.15) is 0 Å². The van der Waals surface area contributed by atoms with Crippen molar-refractivity contribution < 1.29 is 4.79 Å². The van der Waals surface area contributed by atoms with Crippen molar-refractivity contribution in [1.29, 1.82) is 0 Å². The molecular weight excluding hydrogens is 293 g/mol. The number of hydrogen-bond acceptors (Lipinski definition) is 2. The van der Waals surface area contributed by atoms with Crippen molar-refractivity contribution in [3.8, 4) is 0 Å². The van der Waals surface area contributed by atoms with Gasteiger partial charge in [-0.05, 0) is 42.2 Å². The lowest BCUT2D eigenvalue weighted by molar-refractivity contribution is -0.114. The van der Waals surface area contributed by atoms with E-state index in [9.17, 15) is 4.79 Å². The number of ketones is 1. The van der Waals surface area contributed by atoms with Gasteiger partial charge in [0, 0.05) is 37.0 Å². The molecule has 0 unspecified atom stereocenters. The highest BCUT2D eigenvalue weighted by Crippen LogP contribution is 2.24. The number of halogens is 2. The Morgan fingerprint density at radius 3 is 2.20 bits per heavy atom. The molecule has 0 aliphatic heterocycles. The predicted molar refractivity (Wildman–Crippen MR) is 86.9 cm³/mol. The number of nitrogens with zero attached hydrogens (tertiary/aromatic N) is 1. The zero-order valence-corrected chi connectivity index (χ0v) is 13.0. The molecule has 1 fully saturated rings. The molecular formula is C16H19Cl2NO. The standard InChI is InChI=1S/C16H19Cl2NO/c17-8-10-19(11-9-18)15-6-4-13(5-7-15)12-14-2-1-3-16(14)20/h4-7,12H,1-3,8-11H2/b14-12+. The molecule has 0 spiro atoms. The zero-order chi connectivity index (χ0) is 14.4. The monoisotopic (exact) mass is 311 g/mol. The number of hydrogen-bond donors (Lipinski definition) is 0.